The molecule has 0 saturated heterocycles. The van der Waals surface area contributed by atoms with Gasteiger partial charge in [-0.15, -0.1) is 0 Å². The molecule has 5 heteroatoms. The molecule has 0 aliphatic heterocycles. The second-order valence-corrected chi connectivity index (χ2v) is 7.30. The Morgan fingerprint density at radius 2 is 1.85 bits per heavy atom. The minimum atomic E-state index is 0.133. The van der Waals surface area contributed by atoms with Gasteiger partial charge in [0.2, 0.25) is 0 Å². The molecule has 0 bridgehead atoms. The quantitative estimate of drug-likeness (QED) is 0.594. The van der Waals surface area contributed by atoms with Gasteiger partial charge in [0.1, 0.15) is 11.3 Å². The third-order valence-electron chi connectivity index (χ3n) is 4.68. The molecule has 0 saturated carbocycles. The van der Waals surface area contributed by atoms with Gasteiger partial charge in [0.05, 0.1) is 13.2 Å². The van der Waals surface area contributed by atoms with Crippen LogP contribution in [0.25, 0.3) is 10.9 Å². The molecule has 27 heavy (non-hydrogen) atoms. The summed E-state index contributed by atoms with van der Waals surface area (Å²) in [7, 11) is 1.65. The van der Waals surface area contributed by atoms with Crippen molar-refractivity contribution in [2.24, 2.45) is 5.92 Å². The number of aromatic nitrogens is 1. The van der Waals surface area contributed by atoms with Crippen molar-refractivity contribution in [1.29, 1.82) is 0 Å². The van der Waals surface area contributed by atoms with Crippen molar-refractivity contribution in [1.82, 2.24) is 10.3 Å². The van der Waals surface area contributed by atoms with Crippen molar-refractivity contribution in [2.75, 3.05) is 12.4 Å². The van der Waals surface area contributed by atoms with Crippen molar-refractivity contribution in [3.05, 3.63) is 65.9 Å². The van der Waals surface area contributed by atoms with Crippen LogP contribution in [0.5, 0.6) is 5.75 Å². The molecule has 0 unspecified atom stereocenters. The van der Waals surface area contributed by atoms with Crippen molar-refractivity contribution >= 4 is 33.9 Å². The van der Waals surface area contributed by atoms with Crippen LogP contribution in [0.4, 0.5) is 5.69 Å². The third-order valence-corrected chi connectivity index (χ3v) is 4.90. The van der Waals surface area contributed by atoms with Gasteiger partial charge in [0.15, 0.2) is 5.11 Å². The fraction of sp³-hybridized carbons (Fsp3) is 0.273. The van der Waals surface area contributed by atoms with Crippen LogP contribution in [0.2, 0.25) is 0 Å². The normalized spacial score (nSPS) is 12.0. The first-order chi connectivity index (χ1) is 13.0. The average Bonchev–Trinajstić information content (AvgIpc) is 2.67. The maximum atomic E-state index is 5.63. The smallest absolute Gasteiger partial charge is 0.171 e. The number of pyridine rings is 1. The van der Waals surface area contributed by atoms with Crippen LogP contribution >= 0.6 is 12.2 Å². The first kappa shape index (κ1) is 19.1. The van der Waals surface area contributed by atoms with Crippen molar-refractivity contribution in [3.63, 3.8) is 0 Å². The summed E-state index contributed by atoms with van der Waals surface area (Å²) < 4.78 is 5.42. The Morgan fingerprint density at radius 3 is 2.56 bits per heavy atom. The molecule has 140 valence electrons. The zero-order chi connectivity index (χ0) is 19.4. The number of nitrogens with one attached hydrogen (secondary N) is 2. The average molecular weight is 380 g/mol. The third kappa shape index (κ3) is 4.19. The summed E-state index contributed by atoms with van der Waals surface area (Å²) in [6, 6.07) is 16.3. The summed E-state index contributed by atoms with van der Waals surface area (Å²) in [4.78, 5) is 4.44. The number of hydrogen-bond donors (Lipinski definition) is 2. The van der Waals surface area contributed by atoms with E-state index < -0.39 is 0 Å². The van der Waals surface area contributed by atoms with E-state index in [0.717, 1.165) is 22.3 Å². The van der Waals surface area contributed by atoms with E-state index in [1.807, 2.05) is 24.3 Å². The molecule has 0 aliphatic rings. The molecule has 1 heterocycles. The number of ether oxygens (including phenoxy) is 1. The predicted octanol–water partition coefficient (Wildman–Crippen LogP) is 5.24. The number of hydrogen-bond acceptors (Lipinski definition) is 3. The SMILES string of the molecule is COc1ccc(NC(=S)N[C@H](c2ccccc2C)C(C)C)c2cccnc12. The zero-order valence-electron chi connectivity index (χ0n) is 16.1. The molecule has 3 rings (SSSR count). The van der Waals surface area contributed by atoms with Crippen LogP contribution < -0.4 is 15.4 Å². The molecule has 0 amide bonds. The van der Waals surface area contributed by atoms with Crippen LogP contribution in [0.15, 0.2) is 54.7 Å². The number of nitrogens with zero attached hydrogens (tertiary/aromatic N) is 1. The maximum Gasteiger partial charge on any atom is 0.171 e. The highest BCUT2D eigenvalue weighted by Gasteiger charge is 2.19. The highest BCUT2D eigenvalue weighted by atomic mass is 32.1. The van der Waals surface area contributed by atoms with Gasteiger partial charge in [-0.2, -0.15) is 0 Å². The van der Waals surface area contributed by atoms with Gasteiger partial charge in [-0.05, 0) is 60.5 Å². The predicted molar refractivity (Wildman–Crippen MR) is 116 cm³/mol. The number of methoxy groups -OCH3 is 1. The van der Waals surface area contributed by atoms with Crippen LogP contribution in [0, 0.1) is 12.8 Å². The standard InChI is InChI=1S/C22H25N3OS/c1-14(2)20(16-9-6-5-8-15(16)3)25-22(27)24-18-11-12-19(26-4)21-17(18)10-7-13-23-21/h5-14,20H,1-4H3,(H2,24,25,27)/t20-/m0/s1. The van der Waals surface area contributed by atoms with E-state index in [4.69, 9.17) is 17.0 Å². The van der Waals surface area contributed by atoms with Crippen molar-refractivity contribution < 1.29 is 4.74 Å². The van der Waals surface area contributed by atoms with Gasteiger partial charge in [-0.1, -0.05) is 38.1 Å². The van der Waals surface area contributed by atoms with E-state index in [0.29, 0.717) is 11.0 Å². The van der Waals surface area contributed by atoms with E-state index >= 15 is 0 Å². The van der Waals surface area contributed by atoms with Crippen LogP contribution in [0.1, 0.15) is 31.0 Å². The first-order valence-corrected chi connectivity index (χ1v) is 9.47. The molecule has 3 aromatic rings. The van der Waals surface area contributed by atoms with Gasteiger partial charge in [-0.3, -0.25) is 4.98 Å². The Hall–Kier alpha value is -2.66. The summed E-state index contributed by atoms with van der Waals surface area (Å²) >= 11 is 5.63. The van der Waals surface area contributed by atoms with Crippen LogP contribution in [-0.4, -0.2) is 17.2 Å². The molecular formula is C22H25N3OS. The first-order valence-electron chi connectivity index (χ1n) is 9.06. The van der Waals surface area contributed by atoms with E-state index in [2.05, 4.69) is 60.7 Å². The molecule has 4 nitrogen and oxygen atoms in total. The summed E-state index contributed by atoms with van der Waals surface area (Å²) in [6.45, 7) is 6.52. The van der Waals surface area contributed by atoms with E-state index in [1.165, 1.54) is 11.1 Å². The van der Waals surface area contributed by atoms with Gasteiger partial charge < -0.3 is 15.4 Å². The molecule has 0 radical (unpaired) electrons. The summed E-state index contributed by atoms with van der Waals surface area (Å²) in [5, 5.41) is 8.38. The molecule has 0 spiro atoms. The maximum absolute atomic E-state index is 5.63. The lowest BCUT2D eigenvalue weighted by atomic mass is 9.93. The lowest BCUT2D eigenvalue weighted by molar-refractivity contribution is 0.419. The fourth-order valence-corrected chi connectivity index (χ4v) is 3.50. The lowest BCUT2D eigenvalue weighted by Gasteiger charge is -2.26. The zero-order valence-corrected chi connectivity index (χ0v) is 16.9. The molecule has 1 aromatic heterocycles. The Kier molecular flexibility index (Phi) is 5.91. The number of aryl methyl sites for hydroxylation is 1. The molecule has 2 N–H and O–H groups in total. The second-order valence-electron chi connectivity index (χ2n) is 6.89. The number of thiocarbonyl (C=S) groups is 1. The largest absolute Gasteiger partial charge is 0.494 e. The summed E-state index contributed by atoms with van der Waals surface area (Å²) in [6.07, 6.45) is 1.76. The van der Waals surface area contributed by atoms with E-state index in [9.17, 15) is 0 Å². The minimum absolute atomic E-state index is 0.133. The highest BCUT2D eigenvalue weighted by molar-refractivity contribution is 7.80. The number of anilines is 1. The lowest BCUT2D eigenvalue weighted by Crippen LogP contribution is -2.35. The molecule has 0 aliphatic carbocycles. The van der Waals surface area contributed by atoms with Gasteiger partial charge in [0, 0.05) is 17.3 Å². The fourth-order valence-electron chi connectivity index (χ4n) is 3.26. The monoisotopic (exact) mass is 379 g/mol. The Labute approximate surface area is 166 Å². The topological polar surface area (TPSA) is 46.2 Å². The Morgan fingerprint density at radius 1 is 1.07 bits per heavy atom. The highest BCUT2D eigenvalue weighted by Crippen LogP contribution is 2.30. The van der Waals surface area contributed by atoms with E-state index in [1.54, 1.807) is 13.3 Å². The van der Waals surface area contributed by atoms with Gasteiger partial charge >= 0.3 is 0 Å². The summed E-state index contributed by atoms with van der Waals surface area (Å²) in [5.74, 6) is 1.13. The molecule has 2 aromatic carbocycles. The van der Waals surface area contributed by atoms with E-state index in [-0.39, 0.29) is 6.04 Å². The molecule has 1 atom stereocenters. The van der Waals surface area contributed by atoms with Gasteiger partial charge in [0.25, 0.3) is 0 Å². The Bertz CT molecular complexity index is 955. The van der Waals surface area contributed by atoms with Crippen molar-refractivity contribution in [2.45, 2.75) is 26.8 Å². The van der Waals surface area contributed by atoms with Crippen LogP contribution in [-0.2, 0) is 0 Å². The number of fused-ring (bicyclic) bond motifs is 1. The van der Waals surface area contributed by atoms with Gasteiger partial charge in [-0.25, -0.2) is 0 Å². The summed E-state index contributed by atoms with van der Waals surface area (Å²) in [5.41, 5.74) is 4.24. The number of benzene rings is 2. The Balaban J connectivity index is 1.85. The molecular weight excluding hydrogens is 354 g/mol. The number of rotatable bonds is 5. The minimum Gasteiger partial charge on any atom is -0.494 e. The van der Waals surface area contributed by atoms with Crippen LogP contribution in [0.3, 0.4) is 0 Å². The second kappa shape index (κ2) is 8.35. The van der Waals surface area contributed by atoms with Crippen molar-refractivity contribution in [3.8, 4) is 5.75 Å². The molecule has 0 fully saturated rings.